The molecule has 2 aromatic rings. The third-order valence-corrected chi connectivity index (χ3v) is 2.84. The predicted octanol–water partition coefficient (Wildman–Crippen LogP) is 1.70. The van der Waals surface area contributed by atoms with E-state index in [1.54, 1.807) is 7.11 Å². The smallest absolute Gasteiger partial charge is 0.303 e. The number of nitrogens with zero attached hydrogens (tertiary/aromatic N) is 2. The molecule has 0 fully saturated rings. The van der Waals surface area contributed by atoms with Crippen LogP contribution >= 0.6 is 0 Å². The van der Waals surface area contributed by atoms with Crippen LogP contribution in [-0.2, 0) is 11.3 Å². The molecule has 0 aliphatic rings. The Balaban J connectivity index is 1.84. The summed E-state index contributed by atoms with van der Waals surface area (Å²) in [6.45, 7) is 1.01. The molecule has 0 amide bonds. The molecule has 112 valence electrons. The number of carbonyl (C=O) groups is 1. The number of aromatic nitrogens is 2. The molecular formula is C14H17N3O4. The SMILES string of the molecule is COc1ccc(-c2noc(CNCCCC(=O)O)n2)cc1. The summed E-state index contributed by atoms with van der Waals surface area (Å²) >= 11 is 0. The molecule has 0 atom stereocenters. The van der Waals surface area contributed by atoms with Crippen LogP contribution in [0.1, 0.15) is 18.7 Å². The normalized spacial score (nSPS) is 10.5. The van der Waals surface area contributed by atoms with Crippen LogP contribution in [0.5, 0.6) is 5.75 Å². The molecule has 0 saturated heterocycles. The molecule has 7 heteroatoms. The maximum atomic E-state index is 10.4. The van der Waals surface area contributed by atoms with Crippen molar-refractivity contribution in [3.05, 3.63) is 30.2 Å². The fourth-order valence-electron chi connectivity index (χ4n) is 1.74. The minimum Gasteiger partial charge on any atom is -0.497 e. The van der Waals surface area contributed by atoms with E-state index in [0.717, 1.165) is 11.3 Å². The summed E-state index contributed by atoms with van der Waals surface area (Å²) in [7, 11) is 1.61. The van der Waals surface area contributed by atoms with Gasteiger partial charge in [0.1, 0.15) is 5.75 Å². The zero-order chi connectivity index (χ0) is 15.1. The summed E-state index contributed by atoms with van der Waals surface area (Å²) in [5, 5.41) is 15.5. The molecule has 7 nitrogen and oxygen atoms in total. The Morgan fingerprint density at radius 2 is 2.14 bits per heavy atom. The standard InChI is InChI=1S/C14H17N3O4/c1-20-11-6-4-10(5-7-11)14-16-12(21-17-14)9-15-8-2-3-13(18)19/h4-7,15H,2-3,8-9H2,1H3,(H,18,19). The van der Waals surface area contributed by atoms with Gasteiger partial charge in [0.05, 0.1) is 13.7 Å². The Bertz CT molecular complexity index is 580. The van der Waals surface area contributed by atoms with Gasteiger partial charge in [-0.25, -0.2) is 0 Å². The van der Waals surface area contributed by atoms with Gasteiger partial charge in [0.15, 0.2) is 0 Å². The van der Waals surface area contributed by atoms with Crippen LogP contribution in [0.25, 0.3) is 11.4 Å². The van der Waals surface area contributed by atoms with Gasteiger partial charge < -0.3 is 19.7 Å². The first kappa shape index (κ1) is 15.0. The molecule has 0 aliphatic heterocycles. The molecule has 21 heavy (non-hydrogen) atoms. The lowest BCUT2D eigenvalue weighted by Crippen LogP contribution is -2.15. The zero-order valence-electron chi connectivity index (χ0n) is 11.7. The highest BCUT2D eigenvalue weighted by Crippen LogP contribution is 2.19. The van der Waals surface area contributed by atoms with Crippen molar-refractivity contribution in [2.45, 2.75) is 19.4 Å². The summed E-state index contributed by atoms with van der Waals surface area (Å²) in [4.78, 5) is 14.6. The lowest BCUT2D eigenvalue weighted by atomic mass is 10.2. The number of ether oxygens (including phenoxy) is 1. The van der Waals surface area contributed by atoms with Crippen LogP contribution < -0.4 is 10.1 Å². The van der Waals surface area contributed by atoms with Crippen molar-refractivity contribution in [3.63, 3.8) is 0 Å². The van der Waals surface area contributed by atoms with E-state index in [1.807, 2.05) is 24.3 Å². The van der Waals surface area contributed by atoms with E-state index >= 15 is 0 Å². The number of carboxylic acid groups (broad SMARTS) is 1. The first-order valence-corrected chi connectivity index (χ1v) is 6.58. The monoisotopic (exact) mass is 291 g/mol. The highest BCUT2D eigenvalue weighted by Gasteiger charge is 2.08. The number of rotatable bonds is 8. The van der Waals surface area contributed by atoms with Crippen molar-refractivity contribution >= 4 is 5.97 Å². The zero-order valence-corrected chi connectivity index (χ0v) is 11.7. The van der Waals surface area contributed by atoms with Crippen LogP contribution in [0.15, 0.2) is 28.8 Å². The number of aliphatic carboxylic acids is 1. The van der Waals surface area contributed by atoms with E-state index in [1.165, 1.54) is 0 Å². The summed E-state index contributed by atoms with van der Waals surface area (Å²) in [5.74, 6) is 0.954. The molecule has 0 spiro atoms. The molecule has 0 bridgehead atoms. The number of methoxy groups -OCH3 is 1. The largest absolute Gasteiger partial charge is 0.497 e. The van der Waals surface area contributed by atoms with E-state index in [-0.39, 0.29) is 6.42 Å². The second-order valence-electron chi connectivity index (χ2n) is 4.41. The van der Waals surface area contributed by atoms with Gasteiger partial charge in [-0.2, -0.15) is 4.98 Å². The maximum absolute atomic E-state index is 10.4. The van der Waals surface area contributed by atoms with Crippen molar-refractivity contribution in [2.75, 3.05) is 13.7 Å². The minimum atomic E-state index is -0.795. The number of hydrogen-bond acceptors (Lipinski definition) is 6. The first-order valence-electron chi connectivity index (χ1n) is 6.58. The molecule has 0 radical (unpaired) electrons. The fourth-order valence-corrected chi connectivity index (χ4v) is 1.74. The third kappa shape index (κ3) is 4.57. The molecule has 2 N–H and O–H groups in total. The van der Waals surface area contributed by atoms with Crippen molar-refractivity contribution in [1.82, 2.24) is 15.5 Å². The molecule has 0 aliphatic carbocycles. The van der Waals surface area contributed by atoms with Crippen molar-refractivity contribution < 1.29 is 19.2 Å². The van der Waals surface area contributed by atoms with Crippen LogP contribution in [0.3, 0.4) is 0 Å². The van der Waals surface area contributed by atoms with Crippen molar-refractivity contribution in [3.8, 4) is 17.1 Å². The van der Waals surface area contributed by atoms with Gasteiger partial charge in [-0.3, -0.25) is 4.79 Å². The van der Waals surface area contributed by atoms with Crippen LogP contribution in [0.2, 0.25) is 0 Å². The van der Waals surface area contributed by atoms with E-state index in [0.29, 0.717) is 31.2 Å². The van der Waals surface area contributed by atoms with Crippen molar-refractivity contribution in [2.24, 2.45) is 0 Å². The van der Waals surface area contributed by atoms with Crippen LogP contribution in [0.4, 0.5) is 0 Å². The quantitative estimate of drug-likeness (QED) is 0.714. The van der Waals surface area contributed by atoms with E-state index in [9.17, 15) is 4.79 Å². The average molecular weight is 291 g/mol. The second kappa shape index (κ2) is 7.39. The number of benzene rings is 1. The Morgan fingerprint density at radius 1 is 1.38 bits per heavy atom. The molecule has 1 aromatic carbocycles. The van der Waals surface area contributed by atoms with E-state index < -0.39 is 5.97 Å². The highest BCUT2D eigenvalue weighted by atomic mass is 16.5. The summed E-state index contributed by atoms with van der Waals surface area (Å²) in [6, 6.07) is 7.37. The fraction of sp³-hybridized carbons (Fsp3) is 0.357. The van der Waals surface area contributed by atoms with E-state index in [2.05, 4.69) is 15.5 Å². The van der Waals surface area contributed by atoms with Crippen LogP contribution in [0, 0.1) is 0 Å². The predicted molar refractivity (Wildman–Crippen MR) is 74.9 cm³/mol. The van der Waals surface area contributed by atoms with Gasteiger partial charge in [0.2, 0.25) is 11.7 Å². The van der Waals surface area contributed by atoms with Gasteiger partial charge in [-0.1, -0.05) is 5.16 Å². The van der Waals surface area contributed by atoms with E-state index in [4.69, 9.17) is 14.4 Å². The lowest BCUT2D eigenvalue weighted by molar-refractivity contribution is -0.137. The van der Waals surface area contributed by atoms with Gasteiger partial charge in [-0.05, 0) is 37.2 Å². The van der Waals surface area contributed by atoms with Gasteiger partial charge in [0, 0.05) is 12.0 Å². The number of hydrogen-bond donors (Lipinski definition) is 2. The van der Waals surface area contributed by atoms with Crippen molar-refractivity contribution in [1.29, 1.82) is 0 Å². The average Bonchev–Trinajstić information content (AvgIpc) is 2.95. The Kier molecular flexibility index (Phi) is 5.28. The number of carboxylic acids is 1. The molecule has 1 aromatic heterocycles. The Labute approximate surface area is 121 Å². The second-order valence-corrected chi connectivity index (χ2v) is 4.41. The van der Waals surface area contributed by atoms with Crippen LogP contribution in [-0.4, -0.2) is 34.9 Å². The molecular weight excluding hydrogens is 274 g/mol. The summed E-state index contributed by atoms with van der Waals surface area (Å²) in [5.41, 5.74) is 0.844. The number of nitrogens with one attached hydrogen (secondary N) is 1. The van der Waals surface area contributed by atoms with Gasteiger partial charge in [-0.15, -0.1) is 0 Å². The lowest BCUT2D eigenvalue weighted by Gasteiger charge is -1.99. The summed E-state index contributed by atoms with van der Waals surface area (Å²) < 4.78 is 10.2. The van der Waals surface area contributed by atoms with Gasteiger partial charge >= 0.3 is 5.97 Å². The highest BCUT2D eigenvalue weighted by molar-refractivity contribution is 5.66. The topological polar surface area (TPSA) is 97.5 Å². The Hall–Kier alpha value is -2.41. The maximum Gasteiger partial charge on any atom is 0.303 e. The summed E-state index contributed by atoms with van der Waals surface area (Å²) in [6.07, 6.45) is 0.711. The molecule has 0 saturated carbocycles. The van der Waals surface area contributed by atoms with Gasteiger partial charge in [0.25, 0.3) is 0 Å². The molecule has 0 unspecified atom stereocenters. The molecule has 1 heterocycles. The Morgan fingerprint density at radius 3 is 2.81 bits per heavy atom. The molecule has 2 rings (SSSR count). The first-order chi connectivity index (χ1) is 10.2. The minimum absolute atomic E-state index is 0.147. The third-order valence-electron chi connectivity index (χ3n) is 2.84.